The first kappa shape index (κ1) is 17.8. The van der Waals surface area contributed by atoms with Crippen molar-refractivity contribution in [3.05, 3.63) is 34.9 Å². The van der Waals surface area contributed by atoms with Gasteiger partial charge in [-0.3, -0.25) is 0 Å². The predicted molar refractivity (Wildman–Crippen MR) is 89.4 cm³/mol. The van der Waals surface area contributed by atoms with Gasteiger partial charge in [-0.15, -0.1) is 0 Å². The van der Waals surface area contributed by atoms with Crippen LogP contribution in [0.3, 0.4) is 0 Å². The van der Waals surface area contributed by atoms with Gasteiger partial charge >= 0.3 is 0 Å². The molecule has 3 atom stereocenters. The van der Waals surface area contributed by atoms with E-state index in [0.29, 0.717) is 13.0 Å². The summed E-state index contributed by atoms with van der Waals surface area (Å²) >= 11 is 8.10. The van der Waals surface area contributed by atoms with Crippen molar-refractivity contribution in [1.82, 2.24) is 0 Å². The second kappa shape index (κ2) is 9.67. The molecule has 0 saturated carbocycles. The van der Waals surface area contributed by atoms with E-state index in [1.807, 2.05) is 38.2 Å². The van der Waals surface area contributed by atoms with Gasteiger partial charge in [0.1, 0.15) is 0 Å². The van der Waals surface area contributed by atoms with Gasteiger partial charge in [-0.05, 0) is 37.9 Å². The minimum Gasteiger partial charge on any atom is -0.388 e. The Morgan fingerprint density at radius 3 is 2.85 bits per heavy atom. The van der Waals surface area contributed by atoms with Gasteiger partial charge in [0, 0.05) is 24.0 Å². The van der Waals surface area contributed by atoms with Crippen LogP contribution in [-0.2, 0) is 4.74 Å². The zero-order valence-corrected chi connectivity index (χ0v) is 14.1. The van der Waals surface area contributed by atoms with Crippen molar-refractivity contribution in [2.24, 2.45) is 5.92 Å². The Kier molecular flexibility index (Phi) is 8.62. The van der Waals surface area contributed by atoms with E-state index < -0.39 is 6.10 Å². The molecule has 0 fully saturated rings. The van der Waals surface area contributed by atoms with Gasteiger partial charge < -0.3 is 9.84 Å². The smallest absolute Gasteiger partial charge is 0.0854 e. The third-order valence-corrected chi connectivity index (χ3v) is 4.56. The standard InChI is InChI=1S/C16H25ClO2S/c1-4-19-12(2)13(10-11-20-3)16(18)14-8-6-5-7-9-15(14)17/h5-8,12-13,16,18H,4,9-11H2,1-3H3/t12?,13?,16-/m1/s1. The molecule has 20 heavy (non-hydrogen) atoms. The maximum Gasteiger partial charge on any atom is 0.0854 e. The molecule has 0 aromatic heterocycles. The van der Waals surface area contributed by atoms with E-state index in [-0.39, 0.29) is 12.0 Å². The number of aliphatic hydroxyl groups excluding tert-OH is 1. The Bertz CT molecular complexity index is 377. The average Bonchev–Trinajstić information content (AvgIpc) is 2.64. The van der Waals surface area contributed by atoms with Gasteiger partial charge in [0.2, 0.25) is 0 Å². The lowest BCUT2D eigenvalue weighted by Crippen LogP contribution is -2.34. The molecular formula is C16H25ClO2S. The maximum atomic E-state index is 10.7. The average molecular weight is 317 g/mol. The first-order chi connectivity index (χ1) is 9.61. The van der Waals surface area contributed by atoms with Crippen LogP contribution in [0.15, 0.2) is 34.9 Å². The monoisotopic (exact) mass is 316 g/mol. The highest BCUT2D eigenvalue weighted by Crippen LogP contribution is 2.29. The van der Waals surface area contributed by atoms with Crippen molar-refractivity contribution in [2.45, 2.75) is 38.9 Å². The molecule has 0 aromatic rings. The second-order valence-corrected chi connectivity index (χ2v) is 6.34. The predicted octanol–water partition coefficient (Wildman–Crippen LogP) is 4.15. The van der Waals surface area contributed by atoms with Crippen LogP contribution < -0.4 is 0 Å². The highest BCUT2D eigenvalue weighted by atomic mass is 35.5. The Labute approximate surface area is 131 Å². The fourth-order valence-electron chi connectivity index (χ4n) is 2.40. The summed E-state index contributed by atoms with van der Waals surface area (Å²) in [6, 6.07) is 0. The van der Waals surface area contributed by atoms with Crippen molar-refractivity contribution < 1.29 is 9.84 Å². The number of hydrogen-bond donors (Lipinski definition) is 1. The fourth-order valence-corrected chi connectivity index (χ4v) is 3.17. The molecule has 0 radical (unpaired) electrons. The van der Waals surface area contributed by atoms with Crippen molar-refractivity contribution in [3.63, 3.8) is 0 Å². The molecule has 1 aliphatic rings. The number of allylic oxidation sites excluding steroid dienone is 4. The molecule has 1 aliphatic carbocycles. The minimum absolute atomic E-state index is 0.0173. The molecular weight excluding hydrogens is 292 g/mol. The van der Waals surface area contributed by atoms with Gasteiger partial charge in [-0.2, -0.15) is 11.8 Å². The minimum atomic E-state index is -0.577. The number of thioether (sulfide) groups is 1. The number of aliphatic hydroxyl groups is 1. The topological polar surface area (TPSA) is 29.5 Å². The molecule has 4 heteroatoms. The summed E-state index contributed by atoms with van der Waals surface area (Å²) in [7, 11) is 0. The highest BCUT2D eigenvalue weighted by molar-refractivity contribution is 7.98. The molecule has 2 unspecified atom stereocenters. The number of rotatable bonds is 8. The Morgan fingerprint density at radius 2 is 2.20 bits per heavy atom. The van der Waals surface area contributed by atoms with E-state index in [1.165, 1.54) is 0 Å². The summed E-state index contributed by atoms with van der Waals surface area (Å²) in [6.07, 6.45) is 10.9. The summed E-state index contributed by atoms with van der Waals surface area (Å²) in [5.74, 6) is 1.07. The molecule has 114 valence electrons. The molecule has 0 aromatic carbocycles. The molecule has 2 nitrogen and oxygen atoms in total. The maximum absolute atomic E-state index is 10.7. The summed E-state index contributed by atoms with van der Waals surface area (Å²) in [4.78, 5) is 0. The van der Waals surface area contributed by atoms with Crippen LogP contribution in [0, 0.1) is 5.92 Å². The third-order valence-electron chi connectivity index (χ3n) is 3.55. The van der Waals surface area contributed by atoms with Crippen molar-refractivity contribution in [3.8, 4) is 0 Å². The summed E-state index contributed by atoms with van der Waals surface area (Å²) in [5.41, 5.74) is 0.828. The number of halogens is 1. The lowest BCUT2D eigenvalue weighted by Gasteiger charge is -2.29. The van der Waals surface area contributed by atoms with E-state index >= 15 is 0 Å². The lowest BCUT2D eigenvalue weighted by molar-refractivity contribution is -0.0111. The van der Waals surface area contributed by atoms with Crippen LogP contribution in [0.4, 0.5) is 0 Å². The number of ether oxygens (including phenoxy) is 1. The van der Waals surface area contributed by atoms with E-state index in [4.69, 9.17) is 16.3 Å². The molecule has 0 saturated heterocycles. The molecule has 1 rings (SSSR count). The lowest BCUT2D eigenvalue weighted by atomic mass is 9.88. The summed E-state index contributed by atoms with van der Waals surface area (Å²) in [5, 5.41) is 11.5. The van der Waals surface area contributed by atoms with E-state index in [1.54, 1.807) is 11.8 Å². The summed E-state index contributed by atoms with van der Waals surface area (Å²) in [6.45, 7) is 4.68. The van der Waals surface area contributed by atoms with Crippen molar-refractivity contribution >= 4 is 23.4 Å². The summed E-state index contributed by atoms with van der Waals surface area (Å²) < 4.78 is 5.70. The van der Waals surface area contributed by atoms with Crippen molar-refractivity contribution in [2.75, 3.05) is 18.6 Å². The van der Waals surface area contributed by atoms with Crippen LogP contribution in [0.1, 0.15) is 26.7 Å². The van der Waals surface area contributed by atoms with Crippen molar-refractivity contribution in [1.29, 1.82) is 0 Å². The normalized spacial score (nSPS) is 19.9. The first-order valence-electron chi connectivity index (χ1n) is 7.12. The third kappa shape index (κ3) is 5.28. The van der Waals surface area contributed by atoms with Crippen LogP contribution in [0.25, 0.3) is 0 Å². The van der Waals surface area contributed by atoms with E-state index in [9.17, 15) is 5.11 Å². The van der Waals surface area contributed by atoms with Crippen LogP contribution in [0.2, 0.25) is 0 Å². The Balaban J connectivity index is 2.88. The zero-order chi connectivity index (χ0) is 15.0. The quantitative estimate of drug-likeness (QED) is 0.729. The zero-order valence-electron chi connectivity index (χ0n) is 12.5. The van der Waals surface area contributed by atoms with Crippen LogP contribution >= 0.6 is 23.4 Å². The molecule has 1 N–H and O–H groups in total. The molecule has 0 spiro atoms. The van der Waals surface area contributed by atoms with Gasteiger partial charge in [-0.25, -0.2) is 0 Å². The SMILES string of the molecule is CCOC(C)C(CCSC)[C@@H](O)C1=C(Cl)CC=CC=C1. The second-order valence-electron chi connectivity index (χ2n) is 4.90. The van der Waals surface area contributed by atoms with Crippen LogP contribution in [-0.4, -0.2) is 35.9 Å². The Morgan fingerprint density at radius 1 is 1.45 bits per heavy atom. The van der Waals surface area contributed by atoms with E-state index in [0.717, 1.165) is 22.8 Å². The Hall–Kier alpha value is -0.220. The molecule has 0 bridgehead atoms. The van der Waals surface area contributed by atoms with Gasteiger partial charge in [0.05, 0.1) is 12.2 Å². The van der Waals surface area contributed by atoms with Gasteiger partial charge in [0.25, 0.3) is 0 Å². The van der Waals surface area contributed by atoms with Gasteiger partial charge in [-0.1, -0.05) is 35.9 Å². The molecule has 0 amide bonds. The highest BCUT2D eigenvalue weighted by Gasteiger charge is 2.28. The largest absolute Gasteiger partial charge is 0.388 e. The molecule has 0 aliphatic heterocycles. The van der Waals surface area contributed by atoms with Gasteiger partial charge in [0.15, 0.2) is 0 Å². The molecule has 0 heterocycles. The van der Waals surface area contributed by atoms with E-state index in [2.05, 4.69) is 6.26 Å². The van der Waals surface area contributed by atoms with Crippen LogP contribution in [0.5, 0.6) is 0 Å². The number of hydrogen-bond acceptors (Lipinski definition) is 3. The fraction of sp³-hybridized carbons (Fsp3) is 0.625. The first-order valence-corrected chi connectivity index (χ1v) is 8.89.